The van der Waals surface area contributed by atoms with Crippen molar-refractivity contribution in [2.75, 3.05) is 0 Å². The number of nitrogens with zero attached hydrogens (tertiary/aromatic N) is 4. The minimum atomic E-state index is -0.580. The van der Waals surface area contributed by atoms with Gasteiger partial charge in [0.25, 0.3) is 5.69 Å². The zero-order valence-electron chi connectivity index (χ0n) is 10.0. The van der Waals surface area contributed by atoms with Gasteiger partial charge in [-0.15, -0.1) is 21.8 Å². The molecular weight excluding hydrogens is 275 g/mol. The molecule has 0 atom stereocenters. The monoisotopic (exact) mass is 284 g/mol. The Hall–Kier alpha value is -2.02. The van der Waals surface area contributed by atoms with E-state index in [2.05, 4.69) is 10.2 Å². The zero-order chi connectivity index (χ0) is 14.0. The van der Waals surface area contributed by atoms with Crippen molar-refractivity contribution in [1.82, 2.24) is 14.8 Å². The molecule has 0 aliphatic carbocycles. The van der Waals surface area contributed by atoms with Gasteiger partial charge in [-0.3, -0.25) is 10.1 Å². The number of aromatic nitrogens is 3. The van der Waals surface area contributed by atoms with Crippen LogP contribution in [-0.4, -0.2) is 19.7 Å². The maximum absolute atomic E-state index is 13.3. The fourth-order valence-electron chi connectivity index (χ4n) is 1.81. The molecule has 0 aliphatic rings. The molecule has 0 saturated heterocycles. The largest absolute Gasteiger partial charge is 0.310 e. The highest BCUT2D eigenvalue weighted by Gasteiger charge is 2.22. The van der Waals surface area contributed by atoms with E-state index in [1.54, 1.807) is 4.57 Å². The normalized spacial score (nSPS) is 10.7. The number of hydrogen-bond donors (Lipinski definition) is 0. The molecular formula is C11H10ClFN4O2. The Bertz CT molecular complexity index is 629. The molecule has 0 unspecified atom stereocenters. The Labute approximate surface area is 113 Å². The molecule has 8 heteroatoms. The summed E-state index contributed by atoms with van der Waals surface area (Å²) in [5, 5.41) is 18.7. The highest BCUT2D eigenvalue weighted by Crippen LogP contribution is 2.29. The summed E-state index contributed by atoms with van der Waals surface area (Å²) in [5.74, 6) is 0.282. The van der Waals surface area contributed by atoms with Crippen LogP contribution in [0.4, 0.5) is 10.1 Å². The lowest BCUT2D eigenvalue weighted by Crippen LogP contribution is -2.03. The average molecular weight is 285 g/mol. The first-order valence-electron chi connectivity index (χ1n) is 5.50. The van der Waals surface area contributed by atoms with Gasteiger partial charge in [-0.05, 0) is 19.1 Å². The third-order valence-electron chi connectivity index (χ3n) is 2.66. The van der Waals surface area contributed by atoms with Gasteiger partial charge < -0.3 is 4.57 Å². The molecule has 0 spiro atoms. The molecule has 1 aromatic heterocycles. The number of alkyl halides is 1. The Morgan fingerprint density at radius 1 is 1.47 bits per heavy atom. The second-order valence-electron chi connectivity index (χ2n) is 3.74. The van der Waals surface area contributed by atoms with Crippen molar-refractivity contribution in [2.24, 2.45) is 0 Å². The maximum Gasteiger partial charge on any atom is 0.280 e. The average Bonchev–Trinajstić information content (AvgIpc) is 2.80. The Morgan fingerprint density at radius 2 is 2.21 bits per heavy atom. The quantitative estimate of drug-likeness (QED) is 0.491. The molecule has 0 saturated carbocycles. The molecule has 0 bridgehead atoms. The fourth-order valence-corrected chi connectivity index (χ4v) is 2.01. The van der Waals surface area contributed by atoms with Gasteiger partial charge in [-0.1, -0.05) is 0 Å². The summed E-state index contributed by atoms with van der Waals surface area (Å²) in [6.45, 7) is 2.31. The first-order valence-corrected chi connectivity index (χ1v) is 6.04. The van der Waals surface area contributed by atoms with Crippen molar-refractivity contribution >= 4 is 17.3 Å². The van der Waals surface area contributed by atoms with Crippen LogP contribution in [0.15, 0.2) is 18.2 Å². The van der Waals surface area contributed by atoms with E-state index in [1.807, 2.05) is 6.92 Å². The van der Waals surface area contributed by atoms with Crippen LogP contribution in [0.1, 0.15) is 12.7 Å². The maximum atomic E-state index is 13.3. The van der Waals surface area contributed by atoms with Gasteiger partial charge >= 0.3 is 0 Å². The molecule has 0 aliphatic heterocycles. The highest BCUT2D eigenvalue weighted by atomic mass is 35.5. The van der Waals surface area contributed by atoms with Crippen molar-refractivity contribution in [3.8, 4) is 11.4 Å². The van der Waals surface area contributed by atoms with Crippen LogP contribution in [0.3, 0.4) is 0 Å². The van der Waals surface area contributed by atoms with E-state index in [0.717, 1.165) is 18.2 Å². The molecule has 2 rings (SSSR count). The topological polar surface area (TPSA) is 73.8 Å². The van der Waals surface area contributed by atoms with Crippen LogP contribution >= 0.6 is 11.6 Å². The van der Waals surface area contributed by atoms with Crippen LogP contribution in [-0.2, 0) is 12.4 Å². The smallest absolute Gasteiger partial charge is 0.280 e. The van der Waals surface area contributed by atoms with E-state index in [9.17, 15) is 14.5 Å². The van der Waals surface area contributed by atoms with Crippen LogP contribution in [0.5, 0.6) is 0 Å². The molecule has 1 heterocycles. The molecule has 100 valence electrons. The molecule has 0 radical (unpaired) electrons. The lowest BCUT2D eigenvalue weighted by Gasteiger charge is -2.06. The summed E-state index contributed by atoms with van der Waals surface area (Å²) in [6, 6.07) is 3.22. The second kappa shape index (κ2) is 5.31. The predicted molar refractivity (Wildman–Crippen MR) is 67.3 cm³/mol. The number of rotatable bonds is 4. The summed E-state index contributed by atoms with van der Waals surface area (Å²) in [5.41, 5.74) is -0.125. The standard InChI is InChI=1S/C11H10ClFN4O2/c1-2-16-10(6-12)14-15-11(16)8-5-7(13)3-4-9(8)17(18)19/h3-5H,2,6H2,1H3. The third-order valence-corrected chi connectivity index (χ3v) is 2.90. The van der Waals surface area contributed by atoms with Gasteiger partial charge in [0, 0.05) is 12.6 Å². The van der Waals surface area contributed by atoms with Crippen molar-refractivity contribution in [2.45, 2.75) is 19.3 Å². The minimum absolute atomic E-state index is 0.0933. The van der Waals surface area contributed by atoms with E-state index in [1.165, 1.54) is 0 Å². The van der Waals surface area contributed by atoms with Gasteiger partial charge in [0.05, 0.1) is 16.4 Å². The molecule has 0 N–H and O–H groups in total. The number of halogens is 2. The first-order chi connectivity index (χ1) is 9.08. The SMILES string of the molecule is CCn1c(CCl)nnc1-c1cc(F)ccc1[N+](=O)[O-]. The molecule has 19 heavy (non-hydrogen) atoms. The van der Waals surface area contributed by atoms with Gasteiger partial charge in [0.15, 0.2) is 5.82 Å². The zero-order valence-corrected chi connectivity index (χ0v) is 10.8. The molecule has 6 nitrogen and oxygen atoms in total. The lowest BCUT2D eigenvalue weighted by molar-refractivity contribution is -0.384. The van der Waals surface area contributed by atoms with Crippen LogP contribution in [0.25, 0.3) is 11.4 Å². The highest BCUT2D eigenvalue weighted by molar-refractivity contribution is 6.16. The molecule has 1 aromatic carbocycles. The van der Waals surface area contributed by atoms with E-state index < -0.39 is 10.7 Å². The molecule has 0 fully saturated rings. The molecule has 0 amide bonds. The summed E-state index contributed by atoms with van der Waals surface area (Å²) in [4.78, 5) is 10.4. The summed E-state index contributed by atoms with van der Waals surface area (Å²) >= 11 is 5.71. The van der Waals surface area contributed by atoms with Gasteiger partial charge in [-0.25, -0.2) is 4.39 Å². The third kappa shape index (κ3) is 2.41. The van der Waals surface area contributed by atoms with Crippen molar-refractivity contribution in [3.63, 3.8) is 0 Å². The second-order valence-corrected chi connectivity index (χ2v) is 4.00. The van der Waals surface area contributed by atoms with E-state index >= 15 is 0 Å². The number of nitro benzene ring substituents is 1. The Kier molecular flexibility index (Phi) is 3.75. The summed E-state index contributed by atoms with van der Waals surface area (Å²) in [6.07, 6.45) is 0. The predicted octanol–water partition coefficient (Wildman–Crippen LogP) is 2.75. The van der Waals surface area contributed by atoms with Crippen molar-refractivity contribution in [1.29, 1.82) is 0 Å². The van der Waals surface area contributed by atoms with Crippen molar-refractivity contribution in [3.05, 3.63) is 40.0 Å². The Morgan fingerprint density at radius 3 is 2.79 bits per heavy atom. The summed E-state index contributed by atoms with van der Waals surface area (Å²) in [7, 11) is 0. The van der Waals surface area contributed by atoms with Crippen LogP contribution in [0, 0.1) is 15.9 Å². The van der Waals surface area contributed by atoms with E-state index in [-0.39, 0.29) is 23.0 Å². The molecule has 2 aromatic rings. The van der Waals surface area contributed by atoms with Crippen LogP contribution in [0.2, 0.25) is 0 Å². The first kappa shape index (κ1) is 13.4. The summed E-state index contributed by atoms with van der Waals surface area (Å²) < 4.78 is 14.9. The Balaban J connectivity index is 2.67. The van der Waals surface area contributed by atoms with Gasteiger partial charge in [-0.2, -0.15) is 0 Å². The van der Waals surface area contributed by atoms with Gasteiger partial charge in [0.1, 0.15) is 11.6 Å². The van der Waals surface area contributed by atoms with E-state index in [4.69, 9.17) is 11.6 Å². The fraction of sp³-hybridized carbons (Fsp3) is 0.273. The van der Waals surface area contributed by atoms with E-state index in [0.29, 0.717) is 12.4 Å². The minimum Gasteiger partial charge on any atom is -0.310 e. The van der Waals surface area contributed by atoms with Crippen molar-refractivity contribution < 1.29 is 9.31 Å². The van der Waals surface area contributed by atoms with Crippen LogP contribution < -0.4 is 0 Å². The lowest BCUT2D eigenvalue weighted by atomic mass is 10.1. The van der Waals surface area contributed by atoms with Gasteiger partial charge in [0.2, 0.25) is 0 Å². The number of nitro groups is 1. The number of hydrogen-bond acceptors (Lipinski definition) is 4. The number of benzene rings is 1.